The van der Waals surface area contributed by atoms with Crippen molar-refractivity contribution in [3.8, 4) is 11.1 Å². The summed E-state index contributed by atoms with van der Waals surface area (Å²) < 4.78 is 25.9. The van der Waals surface area contributed by atoms with Gasteiger partial charge in [0, 0.05) is 23.3 Å². The monoisotopic (exact) mass is 208 g/mol. The molecule has 15 heavy (non-hydrogen) atoms. The molecule has 0 aliphatic carbocycles. The summed E-state index contributed by atoms with van der Waals surface area (Å²) in [6.45, 7) is 0. The molecule has 2 rings (SSSR count). The van der Waals surface area contributed by atoms with E-state index < -0.39 is 17.2 Å². The third kappa shape index (κ3) is 1.90. The molecule has 3 nitrogen and oxygen atoms in total. The van der Waals surface area contributed by atoms with E-state index in [1.807, 2.05) is 0 Å². The normalized spacial score (nSPS) is 10.3. The zero-order valence-corrected chi connectivity index (χ0v) is 7.50. The molecule has 1 aromatic carbocycles. The maximum absolute atomic E-state index is 13.3. The van der Waals surface area contributed by atoms with E-state index in [1.54, 1.807) is 0 Å². The Morgan fingerprint density at radius 2 is 2.00 bits per heavy atom. The lowest BCUT2D eigenvalue weighted by molar-refractivity contribution is 0.585. The number of benzene rings is 1. The van der Waals surface area contributed by atoms with Crippen LogP contribution in [0.1, 0.15) is 0 Å². The molecule has 0 unspecified atom stereocenters. The number of nitrogens with one attached hydrogen (secondary N) is 1. The van der Waals surface area contributed by atoms with Crippen LogP contribution in [-0.2, 0) is 0 Å². The molecule has 0 spiro atoms. The second-order valence-electron chi connectivity index (χ2n) is 2.96. The fourth-order valence-electron chi connectivity index (χ4n) is 1.25. The smallest absolute Gasteiger partial charge is 0.264 e. The molecule has 0 bridgehead atoms. The van der Waals surface area contributed by atoms with Gasteiger partial charge in [0.05, 0.1) is 6.20 Å². The number of hydrogen-bond acceptors (Lipinski definition) is 2. The topological polar surface area (TPSA) is 45.8 Å². The number of H-pyrrole nitrogens is 1. The van der Waals surface area contributed by atoms with Gasteiger partial charge in [0.1, 0.15) is 11.6 Å². The van der Waals surface area contributed by atoms with Crippen molar-refractivity contribution in [1.82, 2.24) is 10.2 Å². The van der Waals surface area contributed by atoms with Crippen molar-refractivity contribution in [2.45, 2.75) is 0 Å². The Morgan fingerprint density at radius 1 is 1.20 bits per heavy atom. The van der Waals surface area contributed by atoms with Crippen molar-refractivity contribution in [3.05, 3.63) is 52.5 Å². The van der Waals surface area contributed by atoms with Crippen LogP contribution < -0.4 is 5.56 Å². The second kappa shape index (κ2) is 3.61. The Morgan fingerprint density at radius 3 is 2.67 bits per heavy atom. The summed E-state index contributed by atoms with van der Waals surface area (Å²) in [5.74, 6) is -1.38. The van der Waals surface area contributed by atoms with E-state index in [4.69, 9.17) is 0 Å². The second-order valence-corrected chi connectivity index (χ2v) is 2.96. The van der Waals surface area contributed by atoms with Gasteiger partial charge in [-0.1, -0.05) is 0 Å². The average Bonchev–Trinajstić information content (AvgIpc) is 2.17. The zero-order valence-electron chi connectivity index (χ0n) is 7.50. The summed E-state index contributed by atoms with van der Waals surface area (Å²) in [6.07, 6.45) is 1.30. The molecule has 0 saturated heterocycles. The molecule has 0 amide bonds. The minimum absolute atomic E-state index is 0.148. The van der Waals surface area contributed by atoms with Crippen LogP contribution in [0.5, 0.6) is 0 Å². The molecule has 0 radical (unpaired) electrons. The third-order valence-electron chi connectivity index (χ3n) is 1.91. The minimum atomic E-state index is -0.720. The summed E-state index contributed by atoms with van der Waals surface area (Å²) in [6, 6.07) is 4.35. The first-order valence-electron chi connectivity index (χ1n) is 4.17. The van der Waals surface area contributed by atoms with Gasteiger partial charge in [-0.05, 0) is 12.1 Å². The molecule has 1 heterocycles. The first kappa shape index (κ1) is 9.51. The molecule has 76 valence electrons. The third-order valence-corrected chi connectivity index (χ3v) is 1.91. The number of nitrogens with zero attached hydrogens (tertiary/aromatic N) is 1. The van der Waals surface area contributed by atoms with Gasteiger partial charge >= 0.3 is 0 Å². The Kier molecular flexibility index (Phi) is 2.29. The average molecular weight is 208 g/mol. The van der Waals surface area contributed by atoms with Crippen molar-refractivity contribution in [2.75, 3.05) is 0 Å². The van der Waals surface area contributed by atoms with Crippen LogP contribution in [0.2, 0.25) is 0 Å². The van der Waals surface area contributed by atoms with Gasteiger partial charge in [0.2, 0.25) is 0 Å². The Labute approximate surface area is 83.4 Å². The summed E-state index contributed by atoms with van der Waals surface area (Å²) >= 11 is 0. The standard InChI is InChI=1S/C10H6F2N2O/c11-7-1-2-8(9(12)4-7)6-3-10(15)14-13-5-6/h1-5H,(H,14,15). The van der Waals surface area contributed by atoms with Gasteiger partial charge in [0.15, 0.2) is 0 Å². The molecular weight excluding hydrogens is 202 g/mol. The summed E-state index contributed by atoms with van der Waals surface area (Å²) in [7, 11) is 0. The Hall–Kier alpha value is -2.04. The number of rotatable bonds is 1. The summed E-state index contributed by atoms with van der Waals surface area (Å²) in [4.78, 5) is 10.9. The lowest BCUT2D eigenvalue weighted by atomic mass is 10.1. The quantitative estimate of drug-likeness (QED) is 0.775. The van der Waals surface area contributed by atoms with Crippen LogP contribution in [-0.4, -0.2) is 10.2 Å². The van der Waals surface area contributed by atoms with Crippen LogP contribution in [0.4, 0.5) is 8.78 Å². The van der Waals surface area contributed by atoms with E-state index in [0.717, 1.165) is 12.1 Å². The van der Waals surface area contributed by atoms with E-state index in [-0.39, 0.29) is 5.56 Å². The highest BCUT2D eigenvalue weighted by Gasteiger charge is 2.06. The fourth-order valence-corrected chi connectivity index (χ4v) is 1.25. The molecule has 0 fully saturated rings. The molecule has 0 aliphatic heterocycles. The highest BCUT2D eigenvalue weighted by molar-refractivity contribution is 5.62. The van der Waals surface area contributed by atoms with Crippen molar-refractivity contribution < 1.29 is 8.78 Å². The maximum atomic E-state index is 13.3. The SMILES string of the molecule is O=c1cc(-c2ccc(F)cc2F)cn[nH]1. The van der Waals surface area contributed by atoms with Crippen molar-refractivity contribution in [1.29, 1.82) is 0 Å². The van der Waals surface area contributed by atoms with Crippen LogP contribution in [0.3, 0.4) is 0 Å². The Bertz CT molecular complexity index is 551. The highest BCUT2D eigenvalue weighted by Crippen LogP contribution is 2.20. The van der Waals surface area contributed by atoms with Gasteiger partial charge in [-0.3, -0.25) is 4.79 Å². The lowest BCUT2D eigenvalue weighted by Gasteiger charge is -2.01. The van der Waals surface area contributed by atoms with Crippen molar-refractivity contribution in [3.63, 3.8) is 0 Å². The van der Waals surface area contributed by atoms with Gasteiger partial charge in [-0.15, -0.1) is 0 Å². The van der Waals surface area contributed by atoms with Crippen molar-refractivity contribution >= 4 is 0 Å². The molecule has 0 atom stereocenters. The zero-order chi connectivity index (χ0) is 10.8. The van der Waals surface area contributed by atoms with E-state index in [2.05, 4.69) is 10.2 Å². The fraction of sp³-hybridized carbons (Fsp3) is 0. The van der Waals surface area contributed by atoms with E-state index in [0.29, 0.717) is 5.56 Å². The minimum Gasteiger partial charge on any atom is -0.268 e. The lowest BCUT2D eigenvalue weighted by Crippen LogP contribution is -2.05. The first-order chi connectivity index (χ1) is 7.16. The van der Waals surface area contributed by atoms with Crippen molar-refractivity contribution in [2.24, 2.45) is 0 Å². The number of hydrogen-bond donors (Lipinski definition) is 1. The molecular formula is C10H6F2N2O. The molecule has 1 aromatic heterocycles. The van der Waals surface area contributed by atoms with E-state index in [9.17, 15) is 13.6 Å². The predicted octanol–water partition coefficient (Wildman–Crippen LogP) is 1.72. The largest absolute Gasteiger partial charge is 0.268 e. The number of halogens is 2. The molecule has 2 aromatic rings. The predicted molar refractivity (Wildman–Crippen MR) is 50.2 cm³/mol. The summed E-state index contributed by atoms with van der Waals surface area (Å²) in [5, 5.41) is 5.70. The van der Waals surface area contributed by atoms with Crippen LogP contribution >= 0.6 is 0 Å². The molecule has 0 aliphatic rings. The molecule has 1 N–H and O–H groups in total. The van der Waals surface area contributed by atoms with Gasteiger partial charge in [-0.25, -0.2) is 13.9 Å². The molecule has 5 heteroatoms. The number of aromatic nitrogens is 2. The van der Waals surface area contributed by atoms with Crippen LogP contribution in [0.15, 0.2) is 35.3 Å². The highest BCUT2D eigenvalue weighted by atomic mass is 19.1. The van der Waals surface area contributed by atoms with Crippen LogP contribution in [0.25, 0.3) is 11.1 Å². The van der Waals surface area contributed by atoms with E-state index >= 15 is 0 Å². The van der Waals surface area contributed by atoms with E-state index in [1.165, 1.54) is 18.3 Å². The summed E-state index contributed by atoms with van der Waals surface area (Å²) in [5.41, 5.74) is 0.0301. The van der Waals surface area contributed by atoms with Gasteiger partial charge in [0.25, 0.3) is 5.56 Å². The van der Waals surface area contributed by atoms with Crippen LogP contribution in [0, 0.1) is 11.6 Å². The van der Waals surface area contributed by atoms with Gasteiger partial charge < -0.3 is 0 Å². The Balaban J connectivity index is 2.59. The molecule has 0 saturated carbocycles. The van der Waals surface area contributed by atoms with Gasteiger partial charge in [-0.2, -0.15) is 5.10 Å². The first-order valence-corrected chi connectivity index (χ1v) is 4.17. The maximum Gasteiger partial charge on any atom is 0.264 e. The number of aromatic amines is 1.